The van der Waals surface area contributed by atoms with Crippen LogP contribution < -0.4 is 16.4 Å². The number of carbonyl (C=O) groups is 1. The Kier molecular flexibility index (Phi) is 6.23. The standard InChI is InChI=1S/C20H23N5O2/c21-19-22-11-15(12-23-19)9-8-14-4-3-6-17(10-14)25-20(27)24-13-16-5-1-2-7-18(16)26/h3-4,6,10-12,16,18,26H,1-2,5,7,13H2,(H2,21,22,23)(H2,24,25,27)/t16-,18-/m1/s1. The molecule has 1 fully saturated rings. The number of anilines is 2. The van der Waals surface area contributed by atoms with Gasteiger partial charge in [-0.3, -0.25) is 0 Å². The predicted molar refractivity (Wildman–Crippen MR) is 104 cm³/mol. The molecule has 0 unspecified atom stereocenters. The van der Waals surface area contributed by atoms with E-state index in [0.717, 1.165) is 31.2 Å². The second-order valence-electron chi connectivity index (χ2n) is 6.61. The van der Waals surface area contributed by atoms with E-state index in [1.165, 1.54) is 0 Å². The highest BCUT2D eigenvalue weighted by atomic mass is 16.3. The van der Waals surface area contributed by atoms with Crippen molar-refractivity contribution in [1.29, 1.82) is 0 Å². The Hall–Kier alpha value is -3.11. The number of amides is 2. The van der Waals surface area contributed by atoms with Crippen LogP contribution >= 0.6 is 0 Å². The van der Waals surface area contributed by atoms with Crippen molar-refractivity contribution in [3.63, 3.8) is 0 Å². The van der Waals surface area contributed by atoms with Gasteiger partial charge in [0.25, 0.3) is 0 Å². The molecule has 0 saturated heterocycles. The minimum atomic E-state index is -0.324. The Balaban J connectivity index is 1.55. The van der Waals surface area contributed by atoms with Crippen LogP contribution in [-0.2, 0) is 0 Å². The second kappa shape index (κ2) is 9.01. The number of nitrogens with two attached hydrogens (primary N) is 1. The third-order valence-corrected chi connectivity index (χ3v) is 4.54. The van der Waals surface area contributed by atoms with Gasteiger partial charge < -0.3 is 21.5 Å². The molecule has 0 spiro atoms. The van der Waals surface area contributed by atoms with Crippen molar-refractivity contribution >= 4 is 17.7 Å². The number of urea groups is 1. The molecule has 7 heteroatoms. The number of benzene rings is 1. The molecule has 2 atom stereocenters. The van der Waals surface area contributed by atoms with Crippen molar-refractivity contribution in [2.24, 2.45) is 5.92 Å². The second-order valence-corrected chi connectivity index (χ2v) is 6.61. The minimum absolute atomic E-state index is 0.129. The van der Waals surface area contributed by atoms with E-state index in [-0.39, 0.29) is 24.0 Å². The zero-order valence-electron chi connectivity index (χ0n) is 15.0. The molecular weight excluding hydrogens is 342 g/mol. The molecule has 1 aromatic carbocycles. The Morgan fingerprint density at radius 3 is 2.70 bits per heavy atom. The lowest BCUT2D eigenvalue weighted by molar-refractivity contribution is 0.0712. The van der Waals surface area contributed by atoms with Crippen LogP contribution in [0.4, 0.5) is 16.4 Å². The minimum Gasteiger partial charge on any atom is -0.393 e. The molecular formula is C20H23N5O2. The molecule has 7 nitrogen and oxygen atoms in total. The lowest BCUT2D eigenvalue weighted by Crippen LogP contribution is -2.38. The quantitative estimate of drug-likeness (QED) is 0.622. The van der Waals surface area contributed by atoms with Gasteiger partial charge in [0.15, 0.2) is 0 Å². The number of hydrogen-bond acceptors (Lipinski definition) is 5. The molecule has 5 N–H and O–H groups in total. The maximum atomic E-state index is 12.1. The van der Waals surface area contributed by atoms with E-state index in [4.69, 9.17) is 5.73 Å². The number of nitrogens with zero attached hydrogens (tertiary/aromatic N) is 2. The third-order valence-electron chi connectivity index (χ3n) is 4.54. The fourth-order valence-electron chi connectivity index (χ4n) is 3.05. The SMILES string of the molecule is Nc1ncc(C#Cc2cccc(NC(=O)NC[C@H]3CCCC[C@H]3O)c2)cn1. The summed E-state index contributed by atoms with van der Waals surface area (Å²) in [5, 5.41) is 15.6. The van der Waals surface area contributed by atoms with E-state index in [1.54, 1.807) is 24.5 Å². The lowest BCUT2D eigenvalue weighted by Gasteiger charge is -2.27. The highest BCUT2D eigenvalue weighted by Gasteiger charge is 2.23. The average Bonchev–Trinajstić information content (AvgIpc) is 2.67. The molecule has 1 aromatic heterocycles. The predicted octanol–water partition coefficient (Wildman–Crippen LogP) is 2.13. The summed E-state index contributed by atoms with van der Waals surface area (Å²) in [4.78, 5) is 19.9. The smallest absolute Gasteiger partial charge is 0.319 e. The largest absolute Gasteiger partial charge is 0.393 e. The summed E-state index contributed by atoms with van der Waals surface area (Å²) < 4.78 is 0. The molecule has 1 aliphatic rings. The van der Waals surface area contributed by atoms with Gasteiger partial charge in [-0.2, -0.15) is 0 Å². The number of carbonyl (C=O) groups excluding carboxylic acids is 1. The molecule has 2 aromatic rings. The Morgan fingerprint density at radius 2 is 1.93 bits per heavy atom. The van der Waals surface area contributed by atoms with E-state index in [0.29, 0.717) is 17.8 Å². The molecule has 27 heavy (non-hydrogen) atoms. The van der Waals surface area contributed by atoms with Crippen molar-refractivity contribution in [1.82, 2.24) is 15.3 Å². The van der Waals surface area contributed by atoms with Gasteiger partial charge >= 0.3 is 6.03 Å². The summed E-state index contributed by atoms with van der Waals surface area (Å²) in [6.45, 7) is 0.476. The molecule has 3 rings (SSSR count). The van der Waals surface area contributed by atoms with Crippen molar-refractivity contribution in [3.05, 3.63) is 47.8 Å². The zero-order valence-corrected chi connectivity index (χ0v) is 15.0. The van der Waals surface area contributed by atoms with Crippen LogP contribution in [0.2, 0.25) is 0 Å². The number of aliphatic hydroxyl groups is 1. The normalized spacial score (nSPS) is 18.9. The lowest BCUT2D eigenvalue weighted by atomic mass is 9.86. The van der Waals surface area contributed by atoms with E-state index < -0.39 is 0 Å². The van der Waals surface area contributed by atoms with Crippen LogP contribution in [0.5, 0.6) is 0 Å². The Morgan fingerprint density at radius 1 is 1.19 bits per heavy atom. The maximum absolute atomic E-state index is 12.1. The summed E-state index contributed by atoms with van der Waals surface area (Å²) in [6.07, 6.45) is 6.71. The van der Waals surface area contributed by atoms with Gasteiger partial charge in [-0.05, 0) is 31.0 Å². The first-order chi connectivity index (χ1) is 13.1. The van der Waals surface area contributed by atoms with Gasteiger partial charge in [-0.15, -0.1) is 0 Å². The van der Waals surface area contributed by atoms with Gasteiger partial charge in [0.05, 0.1) is 11.7 Å². The maximum Gasteiger partial charge on any atom is 0.319 e. The van der Waals surface area contributed by atoms with Crippen LogP contribution in [0.1, 0.15) is 36.8 Å². The van der Waals surface area contributed by atoms with Crippen molar-refractivity contribution in [2.45, 2.75) is 31.8 Å². The monoisotopic (exact) mass is 365 g/mol. The zero-order chi connectivity index (χ0) is 19.1. The summed E-state index contributed by atoms with van der Waals surface area (Å²) in [6, 6.07) is 6.98. The van der Waals surface area contributed by atoms with E-state index in [2.05, 4.69) is 32.4 Å². The molecule has 140 valence electrons. The number of hydrogen-bond donors (Lipinski definition) is 4. The number of aromatic nitrogens is 2. The third kappa shape index (κ3) is 5.69. The topological polar surface area (TPSA) is 113 Å². The Bertz CT molecular complexity index is 841. The first kappa shape index (κ1) is 18.7. The summed E-state index contributed by atoms with van der Waals surface area (Å²) in [7, 11) is 0. The molecule has 1 heterocycles. The molecule has 0 bridgehead atoms. The number of nitrogen functional groups attached to an aromatic ring is 1. The van der Waals surface area contributed by atoms with Crippen molar-refractivity contribution < 1.29 is 9.90 Å². The molecule has 0 radical (unpaired) electrons. The van der Waals surface area contributed by atoms with Gasteiger partial charge in [-0.25, -0.2) is 14.8 Å². The summed E-state index contributed by atoms with van der Waals surface area (Å²) in [5.74, 6) is 6.30. The van der Waals surface area contributed by atoms with Gasteiger partial charge in [0.2, 0.25) is 5.95 Å². The highest BCUT2D eigenvalue weighted by molar-refractivity contribution is 5.89. The van der Waals surface area contributed by atoms with Crippen LogP contribution in [-0.4, -0.2) is 33.8 Å². The summed E-state index contributed by atoms with van der Waals surface area (Å²) >= 11 is 0. The molecule has 1 aliphatic carbocycles. The average molecular weight is 365 g/mol. The van der Waals surface area contributed by atoms with E-state index in [1.807, 2.05) is 12.1 Å². The number of nitrogens with one attached hydrogen (secondary N) is 2. The van der Waals surface area contributed by atoms with Crippen LogP contribution in [0.3, 0.4) is 0 Å². The van der Waals surface area contributed by atoms with Crippen LogP contribution in [0.25, 0.3) is 0 Å². The molecule has 0 aliphatic heterocycles. The van der Waals surface area contributed by atoms with E-state index >= 15 is 0 Å². The fraction of sp³-hybridized carbons (Fsp3) is 0.350. The van der Waals surface area contributed by atoms with Crippen molar-refractivity contribution in [3.8, 4) is 11.8 Å². The summed E-state index contributed by atoms with van der Waals surface area (Å²) in [5.41, 5.74) is 7.51. The molecule has 2 amide bonds. The number of aliphatic hydroxyl groups excluding tert-OH is 1. The highest BCUT2D eigenvalue weighted by Crippen LogP contribution is 2.23. The Labute approximate surface area is 158 Å². The number of rotatable bonds is 3. The van der Waals surface area contributed by atoms with Gasteiger partial charge in [0.1, 0.15) is 0 Å². The van der Waals surface area contributed by atoms with Crippen LogP contribution in [0.15, 0.2) is 36.7 Å². The van der Waals surface area contributed by atoms with Crippen molar-refractivity contribution in [2.75, 3.05) is 17.6 Å². The van der Waals surface area contributed by atoms with Crippen LogP contribution in [0, 0.1) is 17.8 Å². The van der Waals surface area contributed by atoms with E-state index in [9.17, 15) is 9.90 Å². The first-order valence-corrected chi connectivity index (χ1v) is 9.02. The van der Waals surface area contributed by atoms with Gasteiger partial charge in [0, 0.05) is 36.1 Å². The first-order valence-electron chi connectivity index (χ1n) is 9.02. The fourth-order valence-corrected chi connectivity index (χ4v) is 3.05. The van der Waals surface area contributed by atoms with Gasteiger partial charge in [-0.1, -0.05) is 30.7 Å². The molecule has 1 saturated carbocycles.